The van der Waals surface area contributed by atoms with Crippen LogP contribution in [-0.2, 0) is 14.9 Å². The number of ether oxygens (including phenoxy) is 1. The first-order valence-corrected chi connectivity index (χ1v) is 13.7. The van der Waals surface area contributed by atoms with E-state index in [4.69, 9.17) is 16.3 Å². The summed E-state index contributed by atoms with van der Waals surface area (Å²) < 4.78 is 5.63. The first kappa shape index (κ1) is 26.0. The van der Waals surface area contributed by atoms with Crippen molar-refractivity contribution in [2.24, 2.45) is 0 Å². The number of hydrogen-bond donors (Lipinski definition) is 1. The van der Waals surface area contributed by atoms with Gasteiger partial charge in [0.15, 0.2) is 0 Å². The minimum Gasteiger partial charge on any atom is -0.381 e. The molecule has 37 heavy (non-hydrogen) atoms. The molecule has 8 heteroatoms. The molecule has 0 radical (unpaired) electrons. The normalized spacial score (nSPS) is 20.8. The van der Waals surface area contributed by atoms with E-state index in [1.807, 2.05) is 30.3 Å². The molecule has 2 amide bonds. The molecule has 0 saturated carbocycles. The molecule has 2 aromatic carbocycles. The fourth-order valence-electron chi connectivity index (χ4n) is 6.00. The summed E-state index contributed by atoms with van der Waals surface area (Å²) in [5.74, 6) is 0.180. The zero-order chi connectivity index (χ0) is 26.0. The van der Waals surface area contributed by atoms with Crippen LogP contribution >= 0.6 is 11.6 Å². The molecule has 3 aliphatic heterocycles. The van der Waals surface area contributed by atoms with Crippen LogP contribution in [0.5, 0.6) is 0 Å². The van der Waals surface area contributed by atoms with Crippen molar-refractivity contribution in [3.05, 3.63) is 64.7 Å². The molecule has 3 saturated heterocycles. The summed E-state index contributed by atoms with van der Waals surface area (Å²) in [6.45, 7) is 4.84. The molecule has 5 rings (SSSR count). The van der Waals surface area contributed by atoms with Crippen LogP contribution in [0, 0.1) is 0 Å². The summed E-state index contributed by atoms with van der Waals surface area (Å²) >= 11 is 6.37. The molecule has 3 aliphatic rings. The number of carbonyl (C=O) groups excluding carboxylic acids is 2. The van der Waals surface area contributed by atoms with Crippen molar-refractivity contribution in [3.63, 3.8) is 0 Å². The van der Waals surface area contributed by atoms with Gasteiger partial charge in [0, 0.05) is 65.2 Å². The molecule has 2 aromatic rings. The van der Waals surface area contributed by atoms with Crippen molar-refractivity contribution in [1.82, 2.24) is 14.7 Å². The number of carbonyl (C=O) groups is 2. The predicted molar refractivity (Wildman–Crippen MR) is 146 cm³/mol. The van der Waals surface area contributed by atoms with Crippen molar-refractivity contribution in [1.29, 1.82) is 0 Å². The van der Waals surface area contributed by atoms with Crippen molar-refractivity contribution in [2.45, 2.75) is 43.2 Å². The van der Waals surface area contributed by atoms with E-state index < -0.39 is 5.41 Å². The number of nitrogens with zero attached hydrogens (tertiary/aromatic N) is 3. The third-order valence-electron chi connectivity index (χ3n) is 8.24. The maximum Gasteiger partial charge on any atom is 0.254 e. The van der Waals surface area contributed by atoms with Crippen molar-refractivity contribution in [2.75, 3.05) is 58.8 Å². The molecular formula is C29H37ClN4O3. The molecule has 0 unspecified atom stereocenters. The number of amides is 2. The third-order valence-corrected chi connectivity index (χ3v) is 8.55. The molecule has 0 aromatic heterocycles. The van der Waals surface area contributed by atoms with E-state index in [1.54, 1.807) is 20.2 Å². The highest BCUT2D eigenvalue weighted by Gasteiger charge is 2.45. The van der Waals surface area contributed by atoms with Gasteiger partial charge < -0.3 is 19.9 Å². The Morgan fingerprint density at radius 3 is 2.32 bits per heavy atom. The molecule has 0 atom stereocenters. The SMILES string of the molecule is CN(C)C(=O)c1ccc(NC2CN(C3CCN(C(=O)C4(c5ccccc5)CCOCC4)CC3)C2)cc1Cl. The summed E-state index contributed by atoms with van der Waals surface area (Å²) in [4.78, 5) is 32.2. The number of likely N-dealkylation sites (tertiary alicyclic amines) is 2. The van der Waals surface area contributed by atoms with Crippen LogP contribution in [0.1, 0.15) is 41.6 Å². The highest BCUT2D eigenvalue weighted by molar-refractivity contribution is 6.34. The quantitative estimate of drug-likeness (QED) is 0.621. The Labute approximate surface area is 224 Å². The zero-order valence-corrected chi connectivity index (χ0v) is 22.5. The Bertz CT molecular complexity index is 1110. The zero-order valence-electron chi connectivity index (χ0n) is 21.8. The molecule has 7 nitrogen and oxygen atoms in total. The van der Waals surface area contributed by atoms with Crippen LogP contribution in [0.2, 0.25) is 5.02 Å². The van der Waals surface area contributed by atoms with Gasteiger partial charge in [-0.1, -0.05) is 41.9 Å². The largest absolute Gasteiger partial charge is 0.381 e. The molecule has 0 aliphatic carbocycles. The van der Waals surface area contributed by atoms with Crippen LogP contribution < -0.4 is 5.32 Å². The van der Waals surface area contributed by atoms with Crippen molar-refractivity contribution < 1.29 is 14.3 Å². The van der Waals surface area contributed by atoms with E-state index in [0.717, 1.165) is 63.1 Å². The van der Waals surface area contributed by atoms with Gasteiger partial charge in [0.25, 0.3) is 5.91 Å². The van der Waals surface area contributed by atoms with Gasteiger partial charge in [-0.2, -0.15) is 0 Å². The number of rotatable bonds is 6. The standard InChI is InChI=1S/C29H37ClN4O3/c1-32(2)27(35)25-9-8-22(18-26(25)30)31-23-19-34(20-23)24-10-14-33(15-11-24)28(36)29(12-16-37-17-13-29)21-6-4-3-5-7-21/h3-9,18,23-24,31H,10-17,19-20H2,1-2H3. The summed E-state index contributed by atoms with van der Waals surface area (Å²) in [6, 6.07) is 16.7. The predicted octanol–water partition coefficient (Wildman–Crippen LogP) is 3.88. The number of benzene rings is 2. The molecule has 1 N–H and O–H groups in total. The average molecular weight is 525 g/mol. The Balaban J connectivity index is 1.13. The van der Waals surface area contributed by atoms with Gasteiger partial charge in [-0.3, -0.25) is 14.5 Å². The third kappa shape index (κ3) is 5.35. The summed E-state index contributed by atoms with van der Waals surface area (Å²) in [6.07, 6.45) is 3.52. The topological polar surface area (TPSA) is 65.1 Å². The Kier molecular flexibility index (Phi) is 7.75. The summed E-state index contributed by atoms with van der Waals surface area (Å²) in [5.41, 5.74) is 2.13. The summed E-state index contributed by atoms with van der Waals surface area (Å²) in [5, 5.41) is 4.02. The second-order valence-corrected chi connectivity index (χ2v) is 11.2. The van der Waals surface area contributed by atoms with Gasteiger partial charge in [0.1, 0.15) is 0 Å². The lowest BCUT2D eigenvalue weighted by molar-refractivity contribution is -0.143. The van der Waals surface area contributed by atoms with Gasteiger partial charge in [-0.25, -0.2) is 0 Å². The maximum atomic E-state index is 13.8. The number of halogens is 1. The average Bonchev–Trinajstić information content (AvgIpc) is 2.91. The van der Waals surface area contributed by atoms with Gasteiger partial charge in [-0.15, -0.1) is 0 Å². The first-order valence-electron chi connectivity index (χ1n) is 13.3. The minimum absolute atomic E-state index is 0.0947. The Morgan fingerprint density at radius 1 is 1.03 bits per heavy atom. The second-order valence-electron chi connectivity index (χ2n) is 10.8. The van der Waals surface area contributed by atoms with Crippen LogP contribution in [-0.4, -0.2) is 92.1 Å². The number of anilines is 1. The highest BCUT2D eigenvalue weighted by Crippen LogP contribution is 2.38. The number of hydrogen-bond acceptors (Lipinski definition) is 5. The molecule has 0 spiro atoms. The maximum absolute atomic E-state index is 13.8. The van der Waals surface area contributed by atoms with Crippen LogP contribution in [0.3, 0.4) is 0 Å². The van der Waals surface area contributed by atoms with Gasteiger partial charge in [0.05, 0.1) is 22.0 Å². The fraction of sp³-hybridized carbons (Fsp3) is 0.517. The monoisotopic (exact) mass is 524 g/mol. The fourth-order valence-corrected chi connectivity index (χ4v) is 6.26. The number of nitrogens with one attached hydrogen (secondary N) is 1. The smallest absolute Gasteiger partial charge is 0.254 e. The van der Waals surface area contributed by atoms with E-state index in [9.17, 15) is 9.59 Å². The summed E-state index contributed by atoms with van der Waals surface area (Å²) in [7, 11) is 3.45. The van der Waals surface area contributed by atoms with E-state index in [0.29, 0.717) is 35.9 Å². The van der Waals surface area contributed by atoms with Gasteiger partial charge >= 0.3 is 0 Å². The molecular weight excluding hydrogens is 488 g/mol. The van der Waals surface area contributed by atoms with E-state index in [2.05, 4.69) is 27.2 Å². The van der Waals surface area contributed by atoms with Gasteiger partial charge in [0.2, 0.25) is 5.91 Å². The van der Waals surface area contributed by atoms with Crippen LogP contribution in [0.25, 0.3) is 0 Å². The Hall–Kier alpha value is -2.61. The van der Waals surface area contributed by atoms with Crippen LogP contribution in [0.4, 0.5) is 5.69 Å². The van der Waals surface area contributed by atoms with Crippen molar-refractivity contribution in [3.8, 4) is 0 Å². The van der Waals surface area contributed by atoms with Crippen LogP contribution in [0.15, 0.2) is 48.5 Å². The van der Waals surface area contributed by atoms with E-state index >= 15 is 0 Å². The molecule has 198 valence electrons. The molecule has 3 heterocycles. The lowest BCUT2D eigenvalue weighted by atomic mass is 9.72. The lowest BCUT2D eigenvalue weighted by Gasteiger charge is -2.48. The van der Waals surface area contributed by atoms with Gasteiger partial charge in [-0.05, 0) is 49.4 Å². The van der Waals surface area contributed by atoms with Crippen molar-refractivity contribution >= 4 is 29.1 Å². The van der Waals surface area contributed by atoms with E-state index in [1.165, 1.54) is 4.90 Å². The highest BCUT2D eigenvalue weighted by atomic mass is 35.5. The first-order chi connectivity index (χ1) is 17.9. The lowest BCUT2D eigenvalue weighted by Crippen LogP contribution is -2.61. The number of piperidine rings is 1. The van der Waals surface area contributed by atoms with E-state index in [-0.39, 0.29) is 11.8 Å². The minimum atomic E-state index is -0.452. The molecule has 0 bridgehead atoms. The second kappa shape index (κ2) is 11.0. The Morgan fingerprint density at radius 2 is 1.70 bits per heavy atom. The molecule has 3 fully saturated rings.